The van der Waals surface area contributed by atoms with E-state index in [1.807, 2.05) is 55.5 Å². The lowest BCUT2D eigenvalue weighted by Gasteiger charge is -2.12. The highest BCUT2D eigenvalue weighted by molar-refractivity contribution is 7.17. The highest BCUT2D eigenvalue weighted by atomic mass is 32.1. The summed E-state index contributed by atoms with van der Waals surface area (Å²) in [6.07, 6.45) is 3.88. The number of primary amides is 1. The number of para-hydroxylation sites is 1. The average molecular weight is 442 g/mol. The molecule has 0 saturated carbocycles. The van der Waals surface area contributed by atoms with Crippen molar-refractivity contribution in [1.29, 1.82) is 0 Å². The molecule has 0 spiro atoms. The molecule has 32 heavy (non-hydrogen) atoms. The number of aromatic nitrogens is 1. The number of anilines is 1. The van der Waals surface area contributed by atoms with Crippen LogP contribution in [0.15, 0.2) is 54.6 Å². The summed E-state index contributed by atoms with van der Waals surface area (Å²) in [5.41, 5.74) is 11.3. The van der Waals surface area contributed by atoms with Crippen LogP contribution < -0.4 is 11.1 Å². The molecule has 4 aromatic rings. The molecule has 5 nitrogen and oxygen atoms in total. The number of amides is 2. The standard InChI is InChI=1S/C26H23N3O2S/c1-15-7-6-8-16(13-15)21-14-19(17-9-2-4-11-20(17)28-21)25(31)29-26-23(24(27)30)18-10-3-5-12-22(18)32-26/h2,4,6-9,11,13-14H,3,5,10,12H2,1H3,(H2,27,30)(H,29,31). The summed E-state index contributed by atoms with van der Waals surface area (Å²) < 4.78 is 0. The number of fused-ring (bicyclic) bond motifs is 2. The number of nitrogens with one attached hydrogen (secondary N) is 1. The largest absolute Gasteiger partial charge is 0.365 e. The number of carbonyl (C=O) groups is 2. The van der Waals surface area contributed by atoms with Gasteiger partial charge >= 0.3 is 0 Å². The lowest BCUT2D eigenvalue weighted by atomic mass is 9.95. The fourth-order valence-electron chi connectivity index (χ4n) is 4.40. The number of rotatable bonds is 4. The van der Waals surface area contributed by atoms with Gasteiger partial charge in [-0.1, -0.05) is 42.0 Å². The van der Waals surface area contributed by atoms with E-state index in [9.17, 15) is 9.59 Å². The molecule has 1 aliphatic carbocycles. The normalized spacial score (nSPS) is 13.0. The van der Waals surface area contributed by atoms with Crippen LogP contribution in [-0.4, -0.2) is 16.8 Å². The van der Waals surface area contributed by atoms with Crippen LogP contribution in [0.5, 0.6) is 0 Å². The van der Waals surface area contributed by atoms with Gasteiger partial charge in [0.05, 0.1) is 22.3 Å². The topological polar surface area (TPSA) is 85.1 Å². The molecule has 2 aromatic heterocycles. The molecular weight excluding hydrogens is 418 g/mol. The van der Waals surface area contributed by atoms with Gasteiger partial charge in [-0.3, -0.25) is 9.59 Å². The summed E-state index contributed by atoms with van der Waals surface area (Å²) >= 11 is 1.47. The first kappa shape index (κ1) is 20.4. The summed E-state index contributed by atoms with van der Waals surface area (Å²) in [5.74, 6) is -0.752. The molecule has 0 fully saturated rings. The zero-order valence-corrected chi connectivity index (χ0v) is 18.6. The van der Waals surface area contributed by atoms with E-state index >= 15 is 0 Å². The maximum absolute atomic E-state index is 13.5. The monoisotopic (exact) mass is 441 g/mol. The Bertz CT molecular complexity index is 1370. The zero-order chi connectivity index (χ0) is 22.2. The van der Waals surface area contributed by atoms with Crippen molar-refractivity contribution in [1.82, 2.24) is 4.98 Å². The molecule has 0 bridgehead atoms. The van der Waals surface area contributed by atoms with Gasteiger partial charge in [-0.05, 0) is 56.4 Å². The van der Waals surface area contributed by atoms with E-state index in [4.69, 9.17) is 10.7 Å². The van der Waals surface area contributed by atoms with Gasteiger partial charge in [-0.15, -0.1) is 11.3 Å². The summed E-state index contributed by atoms with van der Waals surface area (Å²) in [5, 5.41) is 4.31. The second-order valence-electron chi connectivity index (χ2n) is 8.18. The van der Waals surface area contributed by atoms with E-state index in [1.165, 1.54) is 11.3 Å². The number of nitrogens with zero attached hydrogens (tertiary/aromatic N) is 1. The highest BCUT2D eigenvalue weighted by Gasteiger charge is 2.26. The average Bonchev–Trinajstić information content (AvgIpc) is 3.16. The number of carbonyl (C=O) groups excluding carboxylic acids is 2. The number of hydrogen-bond donors (Lipinski definition) is 2. The fourth-order valence-corrected chi connectivity index (χ4v) is 5.69. The van der Waals surface area contributed by atoms with E-state index in [0.29, 0.717) is 16.1 Å². The van der Waals surface area contributed by atoms with Crippen LogP contribution in [0.25, 0.3) is 22.2 Å². The van der Waals surface area contributed by atoms with Gasteiger partial charge in [0.1, 0.15) is 5.00 Å². The van der Waals surface area contributed by atoms with Crippen molar-refractivity contribution in [2.24, 2.45) is 5.73 Å². The molecule has 5 rings (SSSR count). The maximum atomic E-state index is 13.5. The molecule has 2 aromatic carbocycles. The molecule has 3 N–H and O–H groups in total. The summed E-state index contributed by atoms with van der Waals surface area (Å²) in [6, 6.07) is 17.5. The first-order valence-electron chi connectivity index (χ1n) is 10.7. The Morgan fingerprint density at radius 3 is 2.66 bits per heavy atom. The van der Waals surface area contributed by atoms with Crippen molar-refractivity contribution in [3.8, 4) is 11.3 Å². The van der Waals surface area contributed by atoms with Gasteiger partial charge in [0, 0.05) is 15.8 Å². The van der Waals surface area contributed by atoms with E-state index in [1.54, 1.807) is 0 Å². The molecule has 0 radical (unpaired) electrons. The predicted octanol–water partition coefficient (Wildman–Crippen LogP) is 5.50. The van der Waals surface area contributed by atoms with Crippen LogP contribution in [0.2, 0.25) is 0 Å². The minimum atomic E-state index is -0.486. The second-order valence-corrected chi connectivity index (χ2v) is 9.28. The number of aryl methyl sites for hydroxylation is 2. The first-order valence-corrected chi connectivity index (χ1v) is 11.6. The molecule has 2 amide bonds. The molecule has 1 aliphatic rings. The van der Waals surface area contributed by atoms with Crippen LogP contribution in [0.4, 0.5) is 5.00 Å². The van der Waals surface area contributed by atoms with Gasteiger partial charge in [-0.2, -0.15) is 0 Å². The molecule has 2 heterocycles. The smallest absolute Gasteiger partial charge is 0.257 e. The SMILES string of the molecule is Cc1cccc(-c2cc(C(=O)Nc3sc4c(c3C(N)=O)CCCC4)c3ccccc3n2)c1. The third kappa shape index (κ3) is 3.67. The van der Waals surface area contributed by atoms with Crippen LogP contribution in [0.3, 0.4) is 0 Å². The number of pyridine rings is 1. The molecule has 0 saturated heterocycles. The third-order valence-corrected chi connectivity index (χ3v) is 7.13. The quantitative estimate of drug-likeness (QED) is 0.438. The van der Waals surface area contributed by atoms with Crippen LogP contribution >= 0.6 is 11.3 Å². The number of nitrogens with two attached hydrogens (primary N) is 1. The van der Waals surface area contributed by atoms with Crippen LogP contribution in [0.1, 0.15) is 49.6 Å². The lowest BCUT2D eigenvalue weighted by molar-refractivity contribution is 0.100. The predicted molar refractivity (Wildman–Crippen MR) is 129 cm³/mol. The Morgan fingerprint density at radius 1 is 1.03 bits per heavy atom. The highest BCUT2D eigenvalue weighted by Crippen LogP contribution is 2.38. The van der Waals surface area contributed by atoms with Crippen molar-refractivity contribution in [3.63, 3.8) is 0 Å². The van der Waals surface area contributed by atoms with Gasteiger partial charge in [-0.25, -0.2) is 4.98 Å². The summed E-state index contributed by atoms with van der Waals surface area (Å²) in [6.45, 7) is 2.03. The van der Waals surface area contributed by atoms with E-state index in [0.717, 1.165) is 63.8 Å². The van der Waals surface area contributed by atoms with E-state index in [2.05, 4.69) is 11.4 Å². The molecule has 6 heteroatoms. The van der Waals surface area contributed by atoms with Crippen molar-refractivity contribution >= 4 is 39.1 Å². The van der Waals surface area contributed by atoms with Crippen molar-refractivity contribution in [3.05, 3.63) is 81.7 Å². The van der Waals surface area contributed by atoms with Gasteiger partial charge < -0.3 is 11.1 Å². The minimum absolute atomic E-state index is 0.265. The molecular formula is C26H23N3O2S. The molecule has 0 atom stereocenters. The van der Waals surface area contributed by atoms with Crippen molar-refractivity contribution in [2.75, 3.05) is 5.32 Å². The number of thiophene rings is 1. The molecule has 0 aliphatic heterocycles. The zero-order valence-electron chi connectivity index (χ0n) is 17.8. The second kappa shape index (κ2) is 8.20. The van der Waals surface area contributed by atoms with Gasteiger partial charge in [0.2, 0.25) is 0 Å². The van der Waals surface area contributed by atoms with Gasteiger partial charge in [0.15, 0.2) is 0 Å². The Morgan fingerprint density at radius 2 is 1.84 bits per heavy atom. The maximum Gasteiger partial charge on any atom is 0.257 e. The Hall–Kier alpha value is -3.51. The lowest BCUT2D eigenvalue weighted by Crippen LogP contribution is -2.19. The summed E-state index contributed by atoms with van der Waals surface area (Å²) in [4.78, 5) is 31.6. The number of benzene rings is 2. The Balaban J connectivity index is 1.60. The van der Waals surface area contributed by atoms with E-state index < -0.39 is 5.91 Å². The molecule has 160 valence electrons. The molecule has 0 unspecified atom stereocenters. The Labute approximate surface area is 190 Å². The Kier molecular flexibility index (Phi) is 5.23. The summed E-state index contributed by atoms with van der Waals surface area (Å²) in [7, 11) is 0. The number of hydrogen-bond acceptors (Lipinski definition) is 4. The van der Waals surface area contributed by atoms with E-state index in [-0.39, 0.29) is 5.91 Å². The van der Waals surface area contributed by atoms with Crippen molar-refractivity contribution < 1.29 is 9.59 Å². The fraction of sp³-hybridized carbons (Fsp3) is 0.192. The van der Waals surface area contributed by atoms with Crippen molar-refractivity contribution in [2.45, 2.75) is 32.6 Å². The van der Waals surface area contributed by atoms with Gasteiger partial charge in [0.25, 0.3) is 11.8 Å². The third-order valence-electron chi connectivity index (χ3n) is 5.92. The van der Waals surface area contributed by atoms with Crippen LogP contribution in [0, 0.1) is 6.92 Å². The van der Waals surface area contributed by atoms with Crippen LogP contribution in [-0.2, 0) is 12.8 Å². The minimum Gasteiger partial charge on any atom is -0.365 e. The first-order chi connectivity index (χ1) is 15.5.